The number of hydrogen-bond acceptors (Lipinski definition) is 4. The average Bonchev–Trinajstić information content (AvgIpc) is 2.82. The van der Waals surface area contributed by atoms with Gasteiger partial charge >= 0.3 is 0 Å². The van der Waals surface area contributed by atoms with E-state index < -0.39 is 0 Å². The van der Waals surface area contributed by atoms with Crippen molar-refractivity contribution in [2.24, 2.45) is 5.10 Å². The van der Waals surface area contributed by atoms with Gasteiger partial charge in [-0.1, -0.05) is 12.1 Å². The second-order valence-electron chi connectivity index (χ2n) is 3.67. The first-order chi connectivity index (χ1) is 7.83. The molecule has 0 unspecified atom stereocenters. The van der Waals surface area contributed by atoms with Crippen molar-refractivity contribution in [3.8, 4) is 0 Å². The van der Waals surface area contributed by atoms with Crippen molar-refractivity contribution < 1.29 is 0 Å². The Morgan fingerprint density at radius 3 is 3.06 bits per heavy atom. The number of nitrogens with zero attached hydrogens (tertiary/aromatic N) is 4. The van der Waals surface area contributed by atoms with E-state index in [2.05, 4.69) is 28.7 Å². The molecule has 16 heavy (non-hydrogen) atoms. The quantitative estimate of drug-likeness (QED) is 0.702. The smallest absolute Gasteiger partial charge is 0.0941 e. The molecule has 0 radical (unpaired) electrons. The lowest BCUT2D eigenvalue weighted by Gasteiger charge is -2.20. The van der Waals surface area contributed by atoms with Gasteiger partial charge in [-0.3, -0.25) is 0 Å². The Balaban J connectivity index is 2.10. The summed E-state index contributed by atoms with van der Waals surface area (Å²) in [7, 11) is 0. The Morgan fingerprint density at radius 1 is 1.31 bits per heavy atom. The van der Waals surface area contributed by atoms with E-state index in [4.69, 9.17) is 0 Å². The molecule has 0 saturated heterocycles. The fourth-order valence-electron chi connectivity index (χ4n) is 1.62. The zero-order valence-corrected chi connectivity index (χ0v) is 8.83. The van der Waals surface area contributed by atoms with Gasteiger partial charge in [-0.2, -0.15) is 25.6 Å². The van der Waals surface area contributed by atoms with Crippen LogP contribution in [-0.4, -0.2) is 9.89 Å². The lowest BCUT2D eigenvalue weighted by molar-refractivity contribution is 0.526. The third kappa shape index (κ3) is 1.42. The molecule has 2 aromatic rings. The molecule has 0 aliphatic carbocycles. The van der Waals surface area contributed by atoms with Crippen molar-refractivity contribution in [3.63, 3.8) is 0 Å². The van der Waals surface area contributed by atoms with Gasteiger partial charge in [0.1, 0.15) is 0 Å². The standard InChI is InChI=1S/C11H11N5/c1-9-3-4-10-8-16(14-13-11(10)7-9)15-6-2-5-12-15/h2-8,14H,1H3. The highest BCUT2D eigenvalue weighted by Gasteiger charge is 2.04. The molecule has 2 heterocycles. The number of hydrogen-bond donors (Lipinski definition) is 1. The van der Waals surface area contributed by atoms with Gasteiger partial charge < -0.3 is 0 Å². The molecule has 0 saturated carbocycles. The molecule has 0 fully saturated rings. The molecule has 0 amide bonds. The molecule has 1 aliphatic heterocycles. The van der Waals surface area contributed by atoms with E-state index in [9.17, 15) is 0 Å². The Morgan fingerprint density at radius 2 is 2.25 bits per heavy atom. The van der Waals surface area contributed by atoms with Crippen LogP contribution in [0.25, 0.3) is 6.20 Å². The van der Waals surface area contributed by atoms with E-state index in [0.717, 1.165) is 10.6 Å². The van der Waals surface area contributed by atoms with Crippen LogP contribution in [0, 0.1) is 6.92 Å². The van der Waals surface area contributed by atoms with Gasteiger partial charge in [0.25, 0.3) is 0 Å². The monoisotopic (exact) mass is 213 g/mol. The Kier molecular flexibility index (Phi) is 1.89. The Bertz CT molecular complexity index is 614. The van der Waals surface area contributed by atoms with Crippen LogP contribution >= 0.6 is 0 Å². The maximum absolute atomic E-state index is 4.28. The molecule has 1 aliphatic rings. The van der Waals surface area contributed by atoms with E-state index >= 15 is 0 Å². The fourth-order valence-corrected chi connectivity index (χ4v) is 1.62. The third-order valence-electron chi connectivity index (χ3n) is 2.43. The molecular weight excluding hydrogens is 202 g/mol. The topological polar surface area (TPSA) is 45.5 Å². The van der Waals surface area contributed by atoms with Crippen molar-refractivity contribution in [1.82, 2.24) is 15.4 Å². The summed E-state index contributed by atoms with van der Waals surface area (Å²) in [6.45, 7) is 2.05. The minimum Gasteiger partial charge on any atom is -0.197 e. The van der Waals surface area contributed by atoms with Gasteiger partial charge in [0, 0.05) is 5.22 Å². The van der Waals surface area contributed by atoms with Gasteiger partial charge in [0.2, 0.25) is 0 Å². The van der Waals surface area contributed by atoms with E-state index in [-0.39, 0.29) is 0 Å². The van der Waals surface area contributed by atoms with Crippen LogP contribution in [-0.2, 0) is 0 Å². The molecule has 1 aromatic carbocycles. The molecule has 1 aromatic heterocycles. The molecule has 80 valence electrons. The minimum absolute atomic E-state index is 0.948. The highest BCUT2D eigenvalue weighted by Crippen LogP contribution is 1.91. The summed E-state index contributed by atoms with van der Waals surface area (Å²) in [5.74, 6) is 0. The number of hydrazine groups is 1. The number of aromatic nitrogens is 2. The SMILES string of the molecule is Cc1ccc2c(c1)=NNN(n1cccn1)C=2. The Hall–Kier alpha value is -2.30. The molecule has 5 heteroatoms. The van der Waals surface area contributed by atoms with E-state index in [1.54, 1.807) is 16.1 Å². The first-order valence-corrected chi connectivity index (χ1v) is 5.04. The largest absolute Gasteiger partial charge is 0.197 e. The van der Waals surface area contributed by atoms with Crippen LogP contribution in [0.15, 0.2) is 41.8 Å². The fraction of sp³-hybridized carbons (Fsp3) is 0.0909. The van der Waals surface area contributed by atoms with Crippen LogP contribution in [0.5, 0.6) is 0 Å². The van der Waals surface area contributed by atoms with Crippen LogP contribution in [0.2, 0.25) is 0 Å². The number of fused-ring (bicyclic) bond motifs is 1. The molecule has 0 spiro atoms. The number of nitrogens with one attached hydrogen (secondary N) is 1. The summed E-state index contributed by atoms with van der Waals surface area (Å²) in [6, 6.07) is 8.02. The summed E-state index contributed by atoms with van der Waals surface area (Å²) in [5, 5.41) is 12.1. The summed E-state index contributed by atoms with van der Waals surface area (Å²) in [5.41, 5.74) is 4.11. The molecule has 1 N–H and O–H groups in total. The maximum atomic E-state index is 4.28. The number of rotatable bonds is 1. The summed E-state index contributed by atoms with van der Waals surface area (Å²) in [4.78, 5) is 1.67. The Labute approximate surface area is 92.2 Å². The van der Waals surface area contributed by atoms with Gasteiger partial charge in [0.05, 0.1) is 24.0 Å². The molecule has 0 bridgehead atoms. The second kappa shape index (κ2) is 3.37. The van der Waals surface area contributed by atoms with Gasteiger partial charge in [-0.25, -0.2) is 0 Å². The highest BCUT2D eigenvalue weighted by molar-refractivity contribution is 5.34. The van der Waals surface area contributed by atoms with Crippen molar-refractivity contribution in [1.29, 1.82) is 0 Å². The van der Waals surface area contributed by atoms with E-state index in [1.807, 2.05) is 30.6 Å². The zero-order valence-electron chi connectivity index (χ0n) is 8.83. The highest BCUT2D eigenvalue weighted by atomic mass is 15.9. The maximum Gasteiger partial charge on any atom is 0.0941 e. The normalized spacial score (nSPS) is 13.4. The zero-order chi connectivity index (χ0) is 11.0. The number of aryl methyl sites for hydroxylation is 1. The van der Waals surface area contributed by atoms with Crippen LogP contribution in [0.3, 0.4) is 0 Å². The van der Waals surface area contributed by atoms with Crippen molar-refractivity contribution >= 4 is 6.20 Å². The first kappa shape index (κ1) is 8.96. The van der Waals surface area contributed by atoms with Crippen molar-refractivity contribution in [2.45, 2.75) is 6.92 Å². The van der Waals surface area contributed by atoms with Gasteiger partial charge in [-0.15, -0.1) is 0 Å². The minimum atomic E-state index is 0.948. The predicted octanol–water partition coefficient (Wildman–Crippen LogP) is -0.379. The first-order valence-electron chi connectivity index (χ1n) is 5.04. The number of benzene rings is 1. The average molecular weight is 213 g/mol. The summed E-state index contributed by atoms with van der Waals surface area (Å²) < 4.78 is 0. The van der Waals surface area contributed by atoms with Crippen molar-refractivity contribution in [3.05, 3.63) is 52.8 Å². The summed E-state index contributed by atoms with van der Waals surface area (Å²) >= 11 is 0. The van der Waals surface area contributed by atoms with Gasteiger partial charge in [-0.05, 0) is 24.6 Å². The summed E-state index contributed by atoms with van der Waals surface area (Å²) in [6.07, 6.45) is 5.52. The van der Waals surface area contributed by atoms with Gasteiger partial charge in [0.15, 0.2) is 0 Å². The molecule has 5 nitrogen and oxygen atoms in total. The molecule has 0 atom stereocenters. The van der Waals surface area contributed by atoms with Crippen LogP contribution in [0.4, 0.5) is 0 Å². The van der Waals surface area contributed by atoms with E-state index in [0.29, 0.717) is 0 Å². The predicted molar refractivity (Wildman–Crippen MR) is 60.0 cm³/mol. The lowest BCUT2D eigenvalue weighted by atomic mass is 10.2. The second-order valence-corrected chi connectivity index (χ2v) is 3.67. The van der Waals surface area contributed by atoms with Crippen molar-refractivity contribution in [2.75, 3.05) is 5.12 Å². The lowest BCUT2D eigenvalue weighted by Crippen LogP contribution is -2.48. The van der Waals surface area contributed by atoms with Crippen LogP contribution < -0.4 is 21.2 Å². The molecule has 3 rings (SSSR count). The van der Waals surface area contributed by atoms with E-state index in [1.165, 1.54) is 5.56 Å². The third-order valence-corrected chi connectivity index (χ3v) is 2.43. The van der Waals surface area contributed by atoms with Crippen LogP contribution in [0.1, 0.15) is 5.56 Å². The molecular formula is C11H11N5.